The van der Waals surface area contributed by atoms with E-state index < -0.39 is 0 Å². The fourth-order valence-electron chi connectivity index (χ4n) is 1.40. The van der Waals surface area contributed by atoms with Crippen molar-refractivity contribution in [2.45, 2.75) is 27.3 Å². The lowest BCUT2D eigenvalue weighted by Crippen LogP contribution is -2.04. The molecule has 15 heavy (non-hydrogen) atoms. The zero-order chi connectivity index (χ0) is 11.3. The third-order valence-corrected chi connectivity index (χ3v) is 2.89. The second-order valence-electron chi connectivity index (χ2n) is 3.07. The van der Waals surface area contributed by atoms with E-state index in [-0.39, 0.29) is 0 Å². The molecule has 2 rings (SSSR count). The number of rotatable bonds is 2. The molecule has 1 heterocycles. The Labute approximate surface area is 95.4 Å². The molecule has 0 radical (unpaired) electrons. The summed E-state index contributed by atoms with van der Waals surface area (Å²) < 4.78 is 1.28. The van der Waals surface area contributed by atoms with Gasteiger partial charge in [0, 0.05) is 6.54 Å². The average molecular weight is 222 g/mol. The number of fused-ring (bicyclic) bond motifs is 1. The van der Waals surface area contributed by atoms with Crippen LogP contribution in [-0.2, 0) is 6.54 Å². The summed E-state index contributed by atoms with van der Waals surface area (Å²) in [5.74, 6) is 0. The highest BCUT2D eigenvalue weighted by Crippen LogP contribution is 2.22. The van der Waals surface area contributed by atoms with Gasteiger partial charge in [-0.2, -0.15) is 0 Å². The van der Waals surface area contributed by atoms with E-state index in [2.05, 4.69) is 28.5 Å². The molecule has 2 aromatic rings. The highest BCUT2D eigenvalue weighted by Gasteiger charge is 2.00. The van der Waals surface area contributed by atoms with E-state index in [9.17, 15) is 0 Å². The molecule has 1 aromatic heterocycles. The van der Waals surface area contributed by atoms with Gasteiger partial charge in [0.1, 0.15) is 0 Å². The van der Waals surface area contributed by atoms with Gasteiger partial charge in [0.05, 0.1) is 15.2 Å². The first kappa shape index (κ1) is 12.1. The summed E-state index contributed by atoms with van der Waals surface area (Å²) in [6, 6.07) is 6.44. The van der Waals surface area contributed by atoms with Crippen LogP contribution < -0.4 is 5.32 Å². The summed E-state index contributed by atoms with van der Waals surface area (Å²) in [5, 5.41) is 4.27. The summed E-state index contributed by atoms with van der Waals surface area (Å²) in [6.45, 7) is 6.95. The van der Waals surface area contributed by atoms with Crippen LogP contribution in [0, 0.1) is 6.92 Å². The Morgan fingerprint density at radius 3 is 2.73 bits per heavy atom. The molecule has 1 N–H and O–H groups in total. The Bertz CT molecular complexity index is 420. The zero-order valence-electron chi connectivity index (χ0n) is 9.79. The number of hydrogen-bond donors (Lipinski definition) is 1. The molecule has 0 aliphatic rings. The van der Waals surface area contributed by atoms with E-state index in [1.807, 2.05) is 27.8 Å². The van der Waals surface area contributed by atoms with Gasteiger partial charge in [0.2, 0.25) is 0 Å². The second kappa shape index (κ2) is 5.83. The maximum absolute atomic E-state index is 4.45. The molecule has 0 unspecified atom stereocenters. The van der Waals surface area contributed by atoms with Crippen LogP contribution in [0.1, 0.15) is 24.4 Å². The van der Waals surface area contributed by atoms with Crippen molar-refractivity contribution < 1.29 is 0 Å². The minimum atomic E-state index is 0.909. The summed E-state index contributed by atoms with van der Waals surface area (Å²) in [7, 11) is 1.95. The molecule has 0 atom stereocenters. The highest BCUT2D eigenvalue weighted by molar-refractivity contribution is 7.18. The van der Waals surface area contributed by atoms with Crippen LogP contribution in [0.4, 0.5) is 0 Å². The Morgan fingerprint density at radius 1 is 1.33 bits per heavy atom. The van der Waals surface area contributed by atoms with Gasteiger partial charge < -0.3 is 5.32 Å². The molecule has 0 saturated heterocycles. The standard InChI is InChI=1S/C10H12N2S.C2H6/c1-7-12-9-5-8(6-11-2)3-4-10(9)13-7;1-2/h3-5,11H,6H2,1-2H3;1-2H3. The number of nitrogens with one attached hydrogen (secondary N) is 1. The number of aromatic nitrogens is 1. The molecule has 0 bridgehead atoms. The first-order valence-corrected chi connectivity index (χ1v) is 6.12. The molecule has 0 aliphatic heterocycles. The smallest absolute Gasteiger partial charge is 0.0907 e. The maximum atomic E-state index is 4.45. The second-order valence-corrected chi connectivity index (χ2v) is 4.30. The van der Waals surface area contributed by atoms with Crippen LogP contribution in [0.3, 0.4) is 0 Å². The quantitative estimate of drug-likeness (QED) is 0.843. The normalized spacial score (nSPS) is 9.87. The van der Waals surface area contributed by atoms with Gasteiger partial charge in [0.15, 0.2) is 0 Å². The van der Waals surface area contributed by atoms with Crippen molar-refractivity contribution in [2.24, 2.45) is 0 Å². The third-order valence-electron chi connectivity index (χ3n) is 1.94. The number of nitrogens with zero attached hydrogens (tertiary/aromatic N) is 1. The molecule has 2 nitrogen and oxygen atoms in total. The lowest BCUT2D eigenvalue weighted by atomic mass is 10.2. The lowest BCUT2D eigenvalue weighted by molar-refractivity contribution is 0.819. The Kier molecular flexibility index (Phi) is 4.72. The van der Waals surface area contributed by atoms with Gasteiger partial charge in [-0.3, -0.25) is 0 Å². The Morgan fingerprint density at radius 2 is 2.07 bits per heavy atom. The summed E-state index contributed by atoms with van der Waals surface area (Å²) in [6.07, 6.45) is 0. The van der Waals surface area contributed by atoms with E-state index in [0.717, 1.165) is 17.1 Å². The molecule has 0 fully saturated rings. The average Bonchev–Trinajstić information content (AvgIpc) is 2.61. The Hall–Kier alpha value is -0.930. The molecule has 0 amide bonds. The van der Waals surface area contributed by atoms with Crippen LogP contribution in [-0.4, -0.2) is 12.0 Å². The van der Waals surface area contributed by atoms with Gasteiger partial charge in [-0.25, -0.2) is 4.98 Å². The SMILES string of the molecule is CC.CNCc1ccc2sc(C)nc2c1. The van der Waals surface area contributed by atoms with Crippen LogP contribution in [0.25, 0.3) is 10.2 Å². The van der Waals surface area contributed by atoms with Gasteiger partial charge in [-0.15, -0.1) is 11.3 Å². The molecule has 82 valence electrons. The van der Waals surface area contributed by atoms with Crippen LogP contribution in [0.15, 0.2) is 18.2 Å². The third kappa shape index (κ3) is 3.01. The van der Waals surface area contributed by atoms with Crippen molar-refractivity contribution in [1.82, 2.24) is 10.3 Å². The molecular formula is C12H18N2S. The molecule has 1 aromatic carbocycles. The highest BCUT2D eigenvalue weighted by atomic mass is 32.1. The maximum Gasteiger partial charge on any atom is 0.0907 e. The predicted octanol–water partition coefficient (Wildman–Crippen LogP) is 3.35. The van der Waals surface area contributed by atoms with Crippen molar-refractivity contribution in [3.63, 3.8) is 0 Å². The number of benzene rings is 1. The van der Waals surface area contributed by atoms with Gasteiger partial charge >= 0.3 is 0 Å². The van der Waals surface area contributed by atoms with Crippen molar-refractivity contribution in [2.75, 3.05) is 7.05 Å². The van der Waals surface area contributed by atoms with E-state index >= 15 is 0 Å². The van der Waals surface area contributed by atoms with Crippen molar-refractivity contribution >= 4 is 21.6 Å². The summed E-state index contributed by atoms with van der Waals surface area (Å²) in [4.78, 5) is 4.45. The van der Waals surface area contributed by atoms with Gasteiger partial charge in [-0.1, -0.05) is 19.9 Å². The first-order valence-electron chi connectivity index (χ1n) is 5.30. The van der Waals surface area contributed by atoms with E-state index in [1.165, 1.54) is 10.3 Å². The minimum absolute atomic E-state index is 0.909. The fourth-order valence-corrected chi connectivity index (χ4v) is 2.21. The molecule has 0 aliphatic carbocycles. The van der Waals surface area contributed by atoms with Crippen LogP contribution >= 0.6 is 11.3 Å². The number of hydrogen-bond acceptors (Lipinski definition) is 3. The monoisotopic (exact) mass is 222 g/mol. The van der Waals surface area contributed by atoms with E-state index in [0.29, 0.717) is 0 Å². The van der Waals surface area contributed by atoms with Crippen LogP contribution in [0.2, 0.25) is 0 Å². The van der Waals surface area contributed by atoms with Crippen molar-refractivity contribution in [3.05, 3.63) is 28.8 Å². The molecule has 0 saturated carbocycles. The van der Waals surface area contributed by atoms with Crippen molar-refractivity contribution in [1.29, 1.82) is 0 Å². The minimum Gasteiger partial charge on any atom is -0.316 e. The number of aryl methyl sites for hydroxylation is 1. The topological polar surface area (TPSA) is 24.9 Å². The fraction of sp³-hybridized carbons (Fsp3) is 0.417. The van der Waals surface area contributed by atoms with Crippen molar-refractivity contribution in [3.8, 4) is 0 Å². The summed E-state index contributed by atoms with van der Waals surface area (Å²) >= 11 is 1.75. The summed E-state index contributed by atoms with van der Waals surface area (Å²) in [5.41, 5.74) is 2.41. The predicted molar refractivity (Wildman–Crippen MR) is 68.5 cm³/mol. The molecular weight excluding hydrogens is 204 g/mol. The molecule has 3 heteroatoms. The van der Waals surface area contributed by atoms with E-state index in [1.54, 1.807) is 11.3 Å². The first-order chi connectivity index (χ1) is 7.29. The number of thiazole rings is 1. The Balaban J connectivity index is 0.000000531. The van der Waals surface area contributed by atoms with Gasteiger partial charge in [-0.05, 0) is 31.7 Å². The van der Waals surface area contributed by atoms with Crippen LogP contribution in [0.5, 0.6) is 0 Å². The van der Waals surface area contributed by atoms with Gasteiger partial charge in [0.25, 0.3) is 0 Å². The lowest BCUT2D eigenvalue weighted by Gasteiger charge is -1.98. The zero-order valence-corrected chi connectivity index (χ0v) is 10.6. The molecule has 0 spiro atoms. The largest absolute Gasteiger partial charge is 0.316 e. The van der Waals surface area contributed by atoms with E-state index in [4.69, 9.17) is 0 Å².